The van der Waals surface area contributed by atoms with E-state index in [1.165, 1.54) is 62.7 Å². The maximum absolute atomic E-state index is 5.96. The van der Waals surface area contributed by atoms with Gasteiger partial charge in [-0.2, -0.15) is 0 Å². The van der Waals surface area contributed by atoms with Crippen LogP contribution in [0, 0.1) is 18.8 Å². The molecule has 2 fully saturated rings. The van der Waals surface area contributed by atoms with Gasteiger partial charge in [-0.3, -0.25) is 0 Å². The van der Waals surface area contributed by atoms with Gasteiger partial charge in [0.25, 0.3) is 0 Å². The van der Waals surface area contributed by atoms with E-state index in [0.717, 1.165) is 49.4 Å². The smallest absolute Gasteiger partial charge is 0.119 e. The van der Waals surface area contributed by atoms with E-state index in [2.05, 4.69) is 72.3 Å². The van der Waals surface area contributed by atoms with Crippen molar-refractivity contribution in [2.24, 2.45) is 11.8 Å². The number of aryl methyl sites for hydroxylation is 1. The topological polar surface area (TPSA) is 24.5 Å². The molecule has 3 nitrogen and oxygen atoms in total. The Labute approximate surface area is 200 Å². The molecule has 5 rings (SSSR count). The molecule has 33 heavy (non-hydrogen) atoms. The Bertz CT molecular complexity index is 938. The Morgan fingerprint density at radius 2 is 1.67 bits per heavy atom. The van der Waals surface area contributed by atoms with Gasteiger partial charge in [0.15, 0.2) is 0 Å². The lowest BCUT2D eigenvalue weighted by atomic mass is 9.57. The van der Waals surface area contributed by atoms with Gasteiger partial charge in [0.05, 0.1) is 6.61 Å². The van der Waals surface area contributed by atoms with Crippen LogP contribution in [-0.4, -0.2) is 37.7 Å². The third-order valence-corrected chi connectivity index (χ3v) is 8.66. The summed E-state index contributed by atoms with van der Waals surface area (Å²) in [6.07, 6.45) is 9.27. The predicted molar refractivity (Wildman–Crippen MR) is 138 cm³/mol. The molecule has 1 saturated carbocycles. The highest BCUT2D eigenvalue weighted by molar-refractivity contribution is 5.69. The monoisotopic (exact) mass is 444 g/mol. The van der Waals surface area contributed by atoms with Crippen molar-refractivity contribution in [1.82, 2.24) is 10.2 Å². The molecule has 2 aromatic carbocycles. The summed E-state index contributed by atoms with van der Waals surface area (Å²) in [7, 11) is 0. The molecule has 0 radical (unpaired) electrons. The summed E-state index contributed by atoms with van der Waals surface area (Å²) >= 11 is 0. The fraction of sp³-hybridized carbons (Fsp3) is 0.533. The van der Waals surface area contributed by atoms with Crippen LogP contribution in [0.25, 0.3) is 5.70 Å². The Hall–Kier alpha value is -2.26. The molecule has 0 bridgehead atoms. The second kappa shape index (κ2) is 9.93. The number of rotatable bonds is 7. The fourth-order valence-corrected chi connectivity index (χ4v) is 6.88. The first-order valence-electron chi connectivity index (χ1n) is 13.1. The first-order valence-corrected chi connectivity index (χ1v) is 13.1. The number of nitrogens with zero attached hydrogens (tertiary/aromatic N) is 1. The number of hydrogen-bond donors (Lipinski definition) is 1. The normalized spacial score (nSPS) is 24.5. The van der Waals surface area contributed by atoms with Crippen molar-refractivity contribution < 1.29 is 4.74 Å². The molecule has 0 aromatic heterocycles. The lowest BCUT2D eigenvalue weighted by Gasteiger charge is -2.52. The Morgan fingerprint density at radius 1 is 0.970 bits per heavy atom. The van der Waals surface area contributed by atoms with E-state index in [9.17, 15) is 0 Å². The molecule has 0 spiro atoms. The van der Waals surface area contributed by atoms with Gasteiger partial charge in [0.1, 0.15) is 5.75 Å². The van der Waals surface area contributed by atoms with Gasteiger partial charge in [0, 0.05) is 29.8 Å². The van der Waals surface area contributed by atoms with Gasteiger partial charge < -0.3 is 15.0 Å². The van der Waals surface area contributed by atoms with E-state index in [1.54, 1.807) is 5.56 Å². The van der Waals surface area contributed by atoms with Crippen LogP contribution in [0.5, 0.6) is 5.75 Å². The second-order valence-electron chi connectivity index (χ2n) is 10.5. The maximum Gasteiger partial charge on any atom is 0.119 e. The maximum atomic E-state index is 5.96. The minimum Gasteiger partial charge on any atom is -0.494 e. The van der Waals surface area contributed by atoms with Crippen molar-refractivity contribution in [2.75, 3.05) is 32.8 Å². The highest BCUT2D eigenvalue weighted by Crippen LogP contribution is 2.52. The van der Waals surface area contributed by atoms with Crippen LogP contribution in [0.2, 0.25) is 0 Å². The molecule has 1 atom stereocenters. The fourth-order valence-electron chi connectivity index (χ4n) is 6.88. The zero-order valence-corrected chi connectivity index (χ0v) is 20.3. The average Bonchev–Trinajstić information content (AvgIpc) is 3.40. The standard InChI is InChI=1S/C30H40N2O/c1-23-12-14-27(15-13-23)33-21-7-18-32-19-16-26(17-20-32)30(25-8-3-4-9-25)22-31-24(2)28-10-5-6-11-29(28)30/h5-6,10-15,25-26,31H,2-4,7-9,16-22H2,1H3. The molecule has 2 aromatic rings. The van der Waals surface area contributed by atoms with E-state index >= 15 is 0 Å². The van der Waals surface area contributed by atoms with Crippen LogP contribution >= 0.6 is 0 Å². The summed E-state index contributed by atoms with van der Waals surface area (Å²) in [6, 6.07) is 17.5. The Balaban J connectivity index is 1.22. The van der Waals surface area contributed by atoms with Crippen molar-refractivity contribution >= 4 is 5.70 Å². The molecule has 0 amide bonds. The van der Waals surface area contributed by atoms with Crippen LogP contribution in [0.1, 0.15) is 61.6 Å². The van der Waals surface area contributed by atoms with Crippen molar-refractivity contribution in [3.05, 3.63) is 71.8 Å². The minimum absolute atomic E-state index is 0.273. The number of likely N-dealkylation sites (tertiary alicyclic amines) is 1. The molecule has 1 unspecified atom stereocenters. The minimum atomic E-state index is 0.273. The average molecular weight is 445 g/mol. The first kappa shape index (κ1) is 22.5. The first-order chi connectivity index (χ1) is 16.2. The molecule has 2 heterocycles. The summed E-state index contributed by atoms with van der Waals surface area (Å²) in [6.45, 7) is 11.9. The van der Waals surface area contributed by atoms with Gasteiger partial charge in [-0.05, 0) is 81.6 Å². The molecule has 176 valence electrons. The quantitative estimate of drug-likeness (QED) is 0.516. The van der Waals surface area contributed by atoms with E-state index in [-0.39, 0.29) is 5.41 Å². The van der Waals surface area contributed by atoms with E-state index < -0.39 is 0 Å². The van der Waals surface area contributed by atoms with Crippen molar-refractivity contribution in [3.8, 4) is 5.75 Å². The largest absolute Gasteiger partial charge is 0.494 e. The number of fused-ring (bicyclic) bond motifs is 1. The highest BCUT2D eigenvalue weighted by atomic mass is 16.5. The van der Waals surface area contributed by atoms with Crippen LogP contribution in [0.4, 0.5) is 0 Å². The van der Waals surface area contributed by atoms with Crippen molar-refractivity contribution in [1.29, 1.82) is 0 Å². The van der Waals surface area contributed by atoms with E-state index in [4.69, 9.17) is 4.74 Å². The molecule has 3 heteroatoms. The number of piperidine rings is 1. The van der Waals surface area contributed by atoms with Gasteiger partial charge in [-0.1, -0.05) is 61.4 Å². The summed E-state index contributed by atoms with van der Waals surface area (Å²) < 4.78 is 5.96. The molecule has 1 N–H and O–H groups in total. The molecule has 2 aliphatic heterocycles. The SMILES string of the molecule is C=C1NCC(C2CCCC2)(C2CCN(CCCOc3ccc(C)cc3)CC2)c2ccccc21. The highest BCUT2D eigenvalue weighted by Gasteiger charge is 2.50. The van der Waals surface area contributed by atoms with Gasteiger partial charge in [-0.25, -0.2) is 0 Å². The van der Waals surface area contributed by atoms with Gasteiger partial charge >= 0.3 is 0 Å². The van der Waals surface area contributed by atoms with Crippen LogP contribution < -0.4 is 10.1 Å². The Morgan fingerprint density at radius 3 is 2.42 bits per heavy atom. The van der Waals surface area contributed by atoms with Gasteiger partial charge in [-0.15, -0.1) is 0 Å². The third-order valence-electron chi connectivity index (χ3n) is 8.66. The Kier molecular flexibility index (Phi) is 6.78. The van der Waals surface area contributed by atoms with Crippen LogP contribution in [0.15, 0.2) is 55.1 Å². The molecular formula is C30H40N2O. The molecule has 1 aliphatic carbocycles. The third kappa shape index (κ3) is 4.57. The molecule has 3 aliphatic rings. The van der Waals surface area contributed by atoms with E-state index in [1.807, 2.05) is 0 Å². The summed E-state index contributed by atoms with van der Waals surface area (Å²) in [5.41, 5.74) is 5.62. The number of hydrogen-bond acceptors (Lipinski definition) is 3. The van der Waals surface area contributed by atoms with E-state index in [0.29, 0.717) is 0 Å². The predicted octanol–water partition coefficient (Wildman–Crippen LogP) is 6.18. The number of benzene rings is 2. The summed E-state index contributed by atoms with van der Waals surface area (Å²) in [5, 5.41) is 3.75. The van der Waals surface area contributed by atoms with Crippen LogP contribution in [-0.2, 0) is 5.41 Å². The lowest BCUT2D eigenvalue weighted by Crippen LogP contribution is -2.54. The summed E-state index contributed by atoms with van der Waals surface area (Å²) in [5.74, 6) is 2.55. The zero-order valence-electron chi connectivity index (χ0n) is 20.3. The summed E-state index contributed by atoms with van der Waals surface area (Å²) in [4.78, 5) is 2.67. The van der Waals surface area contributed by atoms with Crippen LogP contribution in [0.3, 0.4) is 0 Å². The second-order valence-corrected chi connectivity index (χ2v) is 10.5. The molecule has 1 saturated heterocycles. The van der Waals surface area contributed by atoms with Crippen molar-refractivity contribution in [2.45, 2.75) is 57.3 Å². The number of ether oxygens (including phenoxy) is 1. The number of nitrogens with one attached hydrogen (secondary N) is 1. The molecular weight excluding hydrogens is 404 g/mol. The lowest BCUT2D eigenvalue weighted by molar-refractivity contribution is 0.0831. The zero-order chi connectivity index (χ0) is 22.7. The van der Waals surface area contributed by atoms with Crippen molar-refractivity contribution in [3.63, 3.8) is 0 Å². The van der Waals surface area contributed by atoms with Gasteiger partial charge in [0.2, 0.25) is 0 Å².